The van der Waals surface area contributed by atoms with Crippen LogP contribution in [0.15, 0.2) is 0 Å². The molecule has 0 aliphatic heterocycles. The smallest absolute Gasteiger partial charge is 0.238 e. The van der Waals surface area contributed by atoms with Crippen molar-refractivity contribution in [2.24, 2.45) is 5.73 Å². The molecule has 0 aliphatic rings. The first-order valence-electron chi connectivity index (χ1n) is 7.18. The fourth-order valence-corrected chi connectivity index (χ4v) is 2.04. The summed E-state index contributed by atoms with van der Waals surface area (Å²) in [5, 5.41) is 3.25. The molecule has 2 unspecified atom stereocenters. The first-order chi connectivity index (χ1) is 9.41. The monoisotopic (exact) mass is 289 g/mol. The van der Waals surface area contributed by atoms with E-state index in [9.17, 15) is 4.79 Å². The number of hydrogen-bond donors (Lipinski definition) is 2. The lowest BCUT2D eigenvalue weighted by Gasteiger charge is -2.37. The van der Waals surface area contributed by atoms with E-state index in [1.54, 1.807) is 14.2 Å². The number of rotatable bonds is 12. The van der Waals surface area contributed by atoms with E-state index in [1.807, 2.05) is 6.92 Å². The Morgan fingerprint density at radius 1 is 1.40 bits per heavy atom. The van der Waals surface area contributed by atoms with Crippen LogP contribution in [0.1, 0.15) is 27.2 Å². The number of nitrogens with zero attached hydrogens (tertiary/aromatic N) is 1. The van der Waals surface area contributed by atoms with E-state index in [0.29, 0.717) is 19.8 Å². The third-order valence-electron chi connectivity index (χ3n) is 3.44. The molecule has 0 aromatic carbocycles. The minimum absolute atomic E-state index is 0.192. The van der Waals surface area contributed by atoms with Gasteiger partial charge in [0.2, 0.25) is 5.91 Å². The summed E-state index contributed by atoms with van der Waals surface area (Å²) >= 11 is 0. The fourth-order valence-electron chi connectivity index (χ4n) is 2.04. The maximum absolute atomic E-state index is 11.8. The van der Waals surface area contributed by atoms with Gasteiger partial charge in [0.1, 0.15) is 5.54 Å². The van der Waals surface area contributed by atoms with Crippen LogP contribution in [0, 0.1) is 0 Å². The van der Waals surface area contributed by atoms with Crippen LogP contribution in [-0.4, -0.2) is 69.5 Å². The zero-order valence-electron chi connectivity index (χ0n) is 13.6. The summed E-state index contributed by atoms with van der Waals surface area (Å²) in [6.45, 7) is 9.22. The van der Waals surface area contributed by atoms with E-state index >= 15 is 0 Å². The van der Waals surface area contributed by atoms with Gasteiger partial charge in [-0.3, -0.25) is 9.69 Å². The van der Waals surface area contributed by atoms with Gasteiger partial charge in [0.05, 0.1) is 13.2 Å². The van der Waals surface area contributed by atoms with Crippen molar-refractivity contribution in [2.75, 3.05) is 47.1 Å². The molecule has 0 spiro atoms. The predicted molar refractivity (Wildman–Crippen MR) is 80.7 cm³/mol. The van der Waals surface area contributed by atoms with Gasteiger partial charge in [-0.05, 0) is 26.8 Å². The van der Waals surface area contributed by atoms with E-state index in [0.717, 1.165) is 19.5 Å². The molecular weight excluding hydrogens is 258 g/mol. The van der Waals surface area contributed by atoms with Gasteiger partial charge in [-0.25, -0.2) is 0 Å². The highest BCUT2D eigenvalue weighted by Gasteiger charge is 2.33. The van der Waals surface area contributed by atoms with Crippen molar-refractivity contribution >= 4 is 5.91 Å². The molecule has 20 heavy (non-hydrogen) atoms. The van der Waals surface area contributed by atoms with Gasteiger partial charge in [0, 0.05) is 33.4 Å². The van der Waals surface area contributed by atoms with Gasteiger partial charge >= 0.3 is 0 Å². The van der Waals surface area contributed by atoms with Gasteiger partial charge in [0.25, 0.3) is 0 Å². The largest absolute Gasteiger partial charge is 0.383 e. The van der Waals surface area contributed by atoms with Gasteiger partial charge in [-0.15, -0.1) is 0 Å². The van der Waals surface area contributed by atoms with Crippen molar-refractivity contribution in [2.45, 2.75) is 38.8 Å². The number of methoxy groups -OCH3 is 2. The van der Waals surface area contributed by atoms with Crippen LogP contribution in [-0.2, 0) is 14.3 Å². The molecule has 0 heterocycles. The summed E-state index contributed by atoms with van der Waals surface area (Å²) in [5.41, 5.74) is 4.83. The summed E-state index contributed by atoms with van der Waals surface area (Å²) in [4.78, 5) is 14.0. The zero-order valence-corrected chi connectivity index (χ0v) is 13.6. The molecule has 0 rings (SSSR count). The van der Waals surface area contributed by atoms with E-state index in [-0.39, 0.29) is 11.9 Å². The maximum atomic E-state index is 11.8. The highest BCUT2D eigenvalue weighted by atomic mass is 16.5. The van der Waals surface area contributed by atoms with Crippen molar-refractivity contribution in [1.29, 1.82) is 0 Å². The Morgan fingerprint density at radius 3 is 2.50 bits per heavy atom. The maximum Gasteiger partial charge on any atom is 0.238 e. The lowest BCUT2D eigenvalue weighted by Crippen LogP contribution is -2.61. The molecule has 3 N–H and O–H groups in total. The van der Waals surface area contributed by atoms with Crippen LogP contribution >= 0.6 is 0 Å². The third kappa shape index (κ3) is 6.65. The van der Waals surface area contributed by atoms with E-state index < -0.39 is 5.54 Å². The summed E-state index contributed by atoms with van der Waals surface area (Å²) in [6, 6.07) is 0.192. The van der Waals surface area contributed by atoms with Gasteiger partial charge in [0.15, 0.2) is 0 Å². The van der Waals surface area contributed by atoms with Crippen LogP contribution in [0.3, 0.4) is 0 Å². The summed E-state index contributed by atoms with van der Waals surface area (Å²) < 4.78 is 10.3. The minimum atomic E-state index is -0.744. The zero-order chi connectivity index (χ0) is 15.6. The van der Waals surface area contributed by atoms with Crippen LogP contribution in [0.25, 0.3) is 0 Å². The Morgan fingerprint density at radius 2 is 2.05 bits per heavy atom. The SMILES string of the molecule is CCCNC(C)(CN(CCOC)C(C)COC)C(N)=O. The molecule has 0 bridgehead atoms. The molecule has 6 nitrogen and oxygen atoms in total. The van der Waals surface area contributed by atoms with Crippen LogP contribution < -0.4 is 11.1 Å². The minimum Gasteiger partial charge on any atom is -0.383 e. The number of nitrogens with one attached hydrogen (secondary N) is 1. The highest BCUT2D eigenvalue weighted by Crippen LogP contribution is 2.10. The predicted octanol–water partition coefficient (Wildman–Crippen LogP) is 0.213. The topological polar surface area (TPSA) is 76.8 Å². The normalized spacial score (nSPS) is 16.1. The van der Waals surface area contributed by atoms with Gasteiger partial charge in [-0.1, -0.05) is 6.92 Å². The Balaban J connectivity index is 4.81. The molecular formula is C14H31N3O3. The molecule has 0 saturated heterocycles. The average molecular weight is 289 g/mol. The quantitative estimate of drug-likeness (QED) is 0.537. The Kier molecular flexibility index (Phi) is 9.75. The first kappa shape index (κ1) is 19.3. The lowest BCUT2D eigenvalue weighted by atomic mass is 9.99. The lowest BCUT2D eigenvalue weighted by molar-refractivity contribution is -0.125. The second-order valence-corrected chi connectivity index (χ2v) is 5.39. The summed E-state index contributed by atoms with van der Waals surface area (Å²) in [6.07, 6.45) is 0.953. The number of hydrogen-bond acceptors (Lipinski definition) is 5. The number of primary amides is 1. The standard InChI is InChI=1S/C14H31N3O3/c1-6-7-16-14(3,13(15)18)11-17(8-9-19-4)12(2)10-20-5/h12,16H,6-11H2,1-5H3,(H2,15,18). The first-order valence-corrected chi connectivity index (χ1v) is 7.18. The van der Waals surface area contributed by atoms with Crippen molar-refractivity contribution in [3.8, 4) is 0 Å². The second-order valence-electron chi connectivity index (χ2n) is 5.39. The highest BCUT2D eigenvalue weighted by molar-refractivity contribution is 5.84. The number of nitrogens with two attached hydrogens (primary N) is 1. The van der Waals surface area contributed by atoms with E-state index in [2.05, 4.69) is 24.1 Å². The Labute approximate surface area is 123 Å². The third-order valence-corrected chi connectivity index (χ3v) is 3.44. The van der Waals surface area contributed by atoms with Crippen LogP contribution in [0.4, 0.5) is 0 Å². The van der Waals surface area contributed by atoms with Crippen molar-refractivity contribution in [3.05, 3.63) is 0 Å². The van der Waals surface area contributed by atoms with E-state index in [4.69, 9.17) is 15.2 Å². The Bertz CT molecular complexity index is 276. The molecule has 0 aromatic heterocycles. The number of amides is 1. The van der Waals surface area contributed by atoms with Crippen LogP contribution in [0.5, 0.6) is 0 Å². The number of carbonyl (C=O) groups excluding carboxylic acids is 1. The molecule has 0 fully saturated rings. The molecule has 0 aromatic rings. The Hall–Kier alpha value is -0.690. The second kappa shape index (κ2) is 10.1. The summed E-state index contributed by atoms with van der Waals surface area (Å²) in [5.74, 6) is -0.335. The van der Waals surface area contributed by atoms with Crippen molar-refractivity contribution in [1.82, 2.24) is 10.2 Å². The summed E-state index contributed by atoms with van der Waals surface area (Å²) in [7, 11) is 3.34. The van der Waals surface area contributed by atoms with Crippen molar-refractivity contribution in [3.63, 3.8) is 0 Å². The molecule has 120 valence electrons. The number of ether oxygens (including phenoxy) is 2. The van der Waals surface area contributed by atoms with Crippen LogP contribution in [0.2, 0.25) is 0 Å². The number of carbonyl (C=O) groups is 1. The average Bonchev–Trinajstić information content (AvgIpc) is 2.41. The van der Waals surface area contributed by atoms with Gasteiger partial charge < -0.3 is 20.5 Å². The molecule has 0 radical (unpaired) electrons. The molecule has 2 atom stereocenters. The molecule has 0 aliphatic carbocycles. The van der Waals surface area contributed by atoms with Gasteiger partial charge in [-0.2, -0.15) is 0 Å². The molecule has 6 heteroatoms. The fraction of sp³-hybridized carbons (Fsp3) is 0.929. The van der Waals surface area contributed by atoms with Crippen molar-refractivity contribution < 1.29 is 14.3 Å². The van der Waals surface area contributed by atoms with E-state index in [1.165, 1.54) is 0 Å². The molecule has 0 saturated carbocycles. The molecule has 1 amide bonds.